The molecule has 0 aromatic heterocycles. The topological polar surface area (TPSA) is 69.4 Å². The quantitative estimate of drug-likeness (QED) is 0.458. The van der Waals surface area contributed by atoms with Gasteiger partial charge in [0.1, 0.15) is 0 Å². The second-order valence-corrected chi connectivity index (χ2v) is 3.00. The number of aldehydes is 1. The molecule has 7 heteroatoms. The first kappa shape index (κ1) is 10.7. The highest BCUT2D eigenvalue weighted by Gasteiger charge is 2.13. The van der Waals surface area contributed by atoms with E-state index in [0.29, 0.717) is 6.29 Å². The molecule has 5 nitrogen and oxygen atoms in total. The van der Waals surface area contributed by atoms with Crippen LogP contribution in [-0.2, 0) is 0 Å². The Balaban J connectivity index is 3.27. The fraction of sp³-hybridized carbons (Fsp3) is 0. The van der Waals surface area contributed by atoms with Crippen LogP contribution in [-0.4, -0.2) is 11.4 Å². The monoisotopic (exact) mass is 235 g/mol. The maximum atomic E-state index is 10.5. The Kier molecular flexibility index (Phi) is 3.27. The zero-order valence-corrected chi connectivity index (χ0v) is 8.08. The molecule has 0 heterocycles. The zero-order valence-electron chi connectivity index (χ0n) is 6.57. The summed E-state index contributed by atoms with van der Waals surface area (Å²) in [5.74, 6) is -0.348. The molecule has 74 valence electrons. The molecule has 0 fully saturated rings. The predicted octanol–water partition coefficient (Wildman–Crippen LogP) is 2.38. The summed E-state index contributed by atoms with van der Waals surface area (Å²) in [5.41, 5.74) is -0.0314. The number of carbonyl (C=O) groups excluding carboxylic acids is 1. The first-order valence-electron chi connectivity index (χ1n) is 3.31. The molecule has 0 aliphatic carbocycles. The molecule has 1 aromatic rings. The van der Waals surface area contributed by atoms with Gasteiger partial charge in [0.05, 0.1) is 10.0 Å². The van der Waals surface area contributed by atoms with Crippen molar-refractivity contribution in [2.45, 2.75) is 0 Å². The van der Waals surface area contributed by atoms with Crippen LogP contribution >= 0.6 is 23.2 Å². The largest absolute Gasteiger partial charge is 0.299 e. The van der Waals surface area contributed by atoms with Gasteiger partial charge in [0, 0.05) is 5.56 Å². The van der Waals surface area contributed by atoms with E-state index in [-0.39, 0.29) is 21.4 Å². The highest BCUT2D eigenvalue weighted by Crippen LogP contribution is 2.34. The van der Waals surface area contributed by atoms with Crippen LogP contribution in [0.3, 0.4) is 0 Å². The third-order valence-corrected chi connectivity index (χ3v) is 2.16. The highest BCUT2D eigenvalue weighted by molar-refractivity contribution is 6.43. The summed E-state index contributed by atoms with van der Waals surface area (Å²) >= 11 is 11.2. The molecule has 0 atom stereocenters. The second-order valence-electron chi connectivity index (χ2n) is 2.21. The van der Waals surface area contributed by atoms with E-state index in [4.69, 9.17) is 23.2 Å². The second kappa shape index (κ2) is 4.26. The minimum absolute atomic E-state index is 0.0314. The predicted molar refractivity (Wildman–Crippen MR) is 49.5 cm³/mol. The van der Waals surface area contributed by atoms with Crippen molar-refractivity contribution in [1.82, 2.24) is 0 Å². The van der Waals surface area contributed by atoms with Crippen molar-refractivity contribution in [1.29, 1.82) is 0 Å². The van der Waals surface area contributed by atoms with E-state index < -0.39 is 5.09 Å². The standard InChI is InChI=1S/C7H3Cl2NO4/c8-5-2-1-4(3-11)7(6(5)9)14-10(12)13/h1-3H. The normalized spacial score (nSPS) is 9.57. The van der Waals surface area contributed by atoms with Gasteiger partial charge in [0.15, 0.2) is 12.0 Å². The van der Waals surface area contributed by atoms with E-state index >= 15 is 0 Å². The first-order chi connectivity index (χ1) is 6.56. The van der Waals surface area contributed by atoms with E-state index in [1.165, 1.54) is 12.1 Å². The van der Waals surface area contributed by atoms with Crippen molar-refractivity contribution in [2.24, 2.45) is 0 Å². The minimum Gasteiger partial charge on any atom is -0.298 e. The first-order valence-corrected chi connectivity index (χ1v) is 4.07. The van der Waals surface area contributed by atoms with Gasteiger partial charge >= 0.3 is 0 Å². The number of carbonyl (C=O) groups is 1. The van der Waals surface area contributed by atoms with Crippen LogP contribution in [0.4, 0.5) is 0 Å². The number of rotatable bonds is 3. The summed E-state index contributed by atoms with van der Waals surface area (Å²) in [6.07, 6.45) is 0.390. The van der Waals surface area contributed by atoms with Crippen molar-refractivity contribution in [3.8, 4) is 5.75 Å². The van der Waals surface area contributed by atoms with Crippen LogP contribution < -0.4 is 4.84 Å². The summed E-state index contributed by atoms with van der Waals surface area (Å²) in [6, 6.07) is 2.63. The molecule has 0 N–H and O–H groups in total. The van der Waals surface area contributed by atoms with Gasteiger partial charge in [-0.2, -0.15) is 0 Å². The Labute approximate surface area is 88.3 Å². The Morgan fingerprint density at radius 1 is 1.43 bits per heavy atom. The molecule has 0 radical (unpaired) electrons. The molecule has 0 amide bonds. The lowest BCUT2D eigenvalue weighted by Crippen LogP contribution is -2.06. The maximum Gasteiger partial charge on any atom is 0.299 e. The summed E-state index contributed by atoms with van der Waals surface area (Å²) in [6.45, 7) is 0. The number of hydrogen-bond donors (Lipinski definition) is 0. The third kappa shape index (κ3) is 2.12. The molecule has 1 rings (SSSR count). The number of benzene rings is 1. The molecule has 0 saturated carbocycles. The average molecular weight is 236 g/mol. The van der Waals surface area contributed by atoms with Crippen molar-refractivity contribution in [3.63, 3.8) is 0 Å². The molecular weight excluding hydrogens is 233 g/mol. The molecule has 0 aliphatic rings. The van der Waals surface area contributed by atoms with E-state index in [1.807, 2.05) is 0 Å². The van der Waals surface area contributed by atoms with Gasteiger partial charge in [-0.3, -0.25) is 9.63 Å². The van der Waals surface area contributed by atoms with Gasteiger partial charge in [0.2, 0.25) is 0 Å². The zero-order chi connectivity index (χ0) is 10.7. The van der Waals surface area contributed by atoms with Gasteiger partial charge in [-0.05, 0) is 12.1 Å². The summed E-state index contributed by atoms with van der Waals surface area (Å²) in [5, 5.41) is 8.92. The van der Waals surface area contributed by atoms with Crippen LogP contribution in [0.2, 0.25) is 10.0 Å². The fourth-order valence-corrected chi connectivity index (χ4v) is 1.16. The molecule has 0 aliphatic heterocycles. The smallest absolute Gasteiger partial charge is 0.298 e. The number of hydrogen-bond acceptors (Lipinski definition) is 4. The average Bonchev–Trinajstić information content (AvgIpc) is 2.13. The summed E-state index contributed by atoms with van der Waals surface area (Å²) in [7, 11) is 0. The van der Waals surface area contributed by atoms with Crippen LogP contribution in [0.25, 0.3) is 0 Å². The number of halogens is 2. The Bertz CT molecular complexity index is 394. The molecule has 0 unspecified atom stereocenters. The van der Waals surface area contributed by atoms with Crippen molar-refractivity contribution < 1.29 is 14.7 Å². The van der Waals surface area contributed by atoms with Gasteiger partial charge in [-0.1, -0.05) is 23.2 Å². The van der Waals surface area contributed by atoms with Crippen molar-refractivity contribution >= 4 is 29.5 Å². The van der Waals surface area contributed by atoms with Crippen molar-refractivity contribution in [3.05, 3.63) is 37.9 Å². The maximum absolute atomic E-state index is 10.5. The third-order valence-electron chi connectivity index (χ3n) is 1.37. The van der Waals surface area contributed by atoms with Crippen molar-refractivity contribution in [2.75, 3.05) is 0 Å². The Hall–Kier alpha value is -1.33. The molecule has 0 bridgehead atoms. The molecule has 0 saturated heterocycles. The van der Waals surface area contributed by atoms with Gasteiger partial charge in [-0.15, -0.1) is 10.1 Å². The van der Waals surface area contributed by atoms with Crippen LogP contribution in [0.1, 0.15) is 10.4 Å². The fourth-order valence-electron chi connectivity index (χ4n) is 0.807. The Morgan fingerprint density at radius 3 is 2.57 bits per heavy atom. The van der Waals surface area contributed by atoms with E-state index in [9.17, 15) is 14.9 Å². The highest BCUT2D eigenvalue weighted by atomic mass is 35.5. The SMILES string of the molecule is O=Cc1ccc(Cl)c(Cl)c1O[N+](=O)[O-]. The summed E-state index contributed by atoms with van der Waals surface area (Å²) < 4.78 is 0. The molecule has 14 heavy (non-hydrogen) atoms. The number of nitrogens with zero attached hydrogens (tertiary/aromatic N) is 1. The minimum atomic E-state index is -1.06. The van der Waals surface area contributed by atoms with Gasteiger partial charge in [0.25, 0.3) is 5.09 Å². The molecule has 0 spiro atoms. The van der Waals surface area contributed by atoms with E-state index in [1.54, 1.807) is 0 Å². The molecule has 1 aromatic carbocycles. The van der Waals surface area contributed by atoms with E-state index in [2.05, 4.69) is 4.84 Å². The van der Waals surface area contributed by atoms with Gasteiger partial charge in [-0.25, -0.2) is 0 Å². The van der Waals surface area contributed by atoms with E-state index in [0.717, 1.165) is 0 Å². The molecular formula is C7H3Cl2NO4. The van der Waals surface area contributed by atoms with Gasteiger partial charge < -0.3 is 0 Å². The Morgan fingerprint density at radius 2 is 2.07 bits per heavy atom. The lowest BCUT2D eigenvalue weighted by atomic mass is 10.2. The summed E-state index contributed by atoms with van der Waals surface area (Å²) in [4.78, 5) is 24.7. The lowest BCUT2D eigenvalue weighted by Gasteiger charge is -2.05. The van der Waals surface area contributed by atoms with Crippen LogP contribution in [0, 0.1) is 10.1 Å². The van der Waals surface area contributed by atoms with Crippen LogP contribution in [0.5, 0.6) is 5.75 Å². The van der Waals surface area contributed by atoms with Crippen LogP contribution in [0.15, 0.2) is 12.1 Å². The lowest BCUT2D eigenvalue weighted by molar-refractivity contribution is -0.711.